The molecule has 0 heterocycles. The normalized spacial score (nSPS) is 12.6. The van der Waals surface area contributed by atoms with Crippen molar-refractivity contribution in [3.63, 3.8) is 0 Å². The molecule has 0 aliphatic carbocycles. The summed E-state index contributed by atoms with van der Waals surface area (Å²) in [7, 11) is 0. The van der Waals surface area contributed by atoms with Crippen molar-refractivity contribution in [3.8, 4) is 0 Å². The van der Waals surface area contributed by atoms with Crippen LogP contribution >= 0.6 is 11.6 Å². The van der Waals surface area contributed by atoms with E-state index in [4.69, 9.17) is 21.4 Å². The number of rotatable bonds is 4. The van der Waals surface area contributed by atoms with E-state index in [1.54, 1.807) is 39.0 Å². The van der Waals surface area contributed by atoms with Gasteiger partial charge in [-0.15, -0.1) is 0 Å². The summed E-state index contributed by atoms with van der Waals surface area (Å²) in [6, 6.07) is 4.43. The number of carboxylic acids is 1. The minimum atomic E-state index is -1.01. The van der Waals surface area contributed by atoms with Gasteiger partial charge in [-0.05, 0) is 51.0 Å². The Bertz CT molecular complexity index is 537. The third-order valence-corrected chi connectivity index (χ3v) is 2.91. The average molecular weight is 314 g/mol. The second kappa shape index (κ2) is 6.80. The molecule has 0 unspecified atom stereocenters. The topological polar surface area (TPSA) is 75.6 Å². The summed E-state index contributed by atoms with van der Waals surface area (Å²) in [5, 5.41) is 12.2. The first-order valence-electron chi connectivity index (χ1n) is 6.56. The molecule has 116 valence electrons. The lowest BCUT2D eigenvalue weighted by Gasteiger charge is -2.24. The van der Waals surface area contributed by atoms with Gasteiger partial charge in [-0.25, -0.2) is 4.79 Å². The molecule has 1 atom stereocenters. The third kappa shape index (κ3) is 6.04. The summed E-state index contributed by atoms with van der Waals surface area (Å²) in [5.41, 5.74) is 0.866. The highest BCUT2D eigenvalue weighted by Crippen LogP contribution is 2.24. The van der Waals surface area contributed by atoms with E-state index in [1.165, 1.54) is 0 Å². The lowest BCUT2D eigenvalue weighted by atomic mass is 9.99. The molecule has 0 aromatic heterocycles. The highest BCUT2D eigenvalue weighted by molar-refractivity contribution is 6.30. The van der Waals surface area contributed by atoms with E-state index in [2.05, 4.69) is 5.32 Å². The molecule has 21 heavy (non-hydrogen) atoms. The number of hydrogen-bond acceptors (Lipinski definition) is 3. The van der Waals surface area contributed by atoms with Gasteiger partial charge in [-0.1, -0.05) is 17.7 Å². The van der Waals surface area contributed by atoms with Gasteiger partial charge in [0, 0.05) is 5.02 Å². The largest absolute Gasteiger partial charge is 0.481 e. The van der Waals surface area contributed by atoms with Crippen LogP contribution in [0.5, 0.6) is 0 Å². The quantitative estimate of drug-likeness (QED) is 0.889. The Morgan fingerprint density at radius 2 is 2.00 bits per heavy atom. The number of carboxylic acid groups (broad SMARTS) is 1. The number of carbonyl (C=O) groups excluding carboxylic acids is 1. The fourth-order valence-corrected chi connectivity index (χ4v) is 2.12. The van der Waals surface area contributed by atoms with Crippen LogP contribution in [0.2, 0.25) is 5.02 Å². The predicted molar refractivity (Wildman–Crippen MR) is 80.6 cm³/mol. The molecule has 0 radical (unpaired) electrons. The molecular weight excluding hydrogens is 294 g/mol. The van der Waals surface area contributed by atoms with E-state index >= 15 is 0 Å². The fourth-order valence-electron chi connectivity index (χ4n) is 1.89. The van der Waals surface area contributed by atoms with Crippen LogP contribution in [0.25, 0.3) is 0 Å². The van der Waals surface area contributed by atoms with Crippen molar-refractivity contribution in [3.05, 3.63) is 34.3 Å². The number of benzene rings is 1. The maximum absolute atomic E-state index is 11.8. The van der Waals surface area contributed by atoms with Crippen LogP contribution in [0.4, 0.5) is 4.79 Å². The van der Waals surface area contributed by atoms with E-state index in [-0.39, 0.29) is 6.42 Å². The Hall–Kier alpha value is -1.75. The van der Waals surface area contributed by atoms with Crippen LogP contribution in [0.1, 0.15) is 44.4 Å². The molecule has 0 aliphatic heterocycles. The molecule has 0 aliphatic rings. The van der Waals surface area contributed by atoms with E-state index in [0.29, 0.717) is 10.6 Å². The number of ether oxygens (including phenoxy) is 1. The molecule has 1 amide bonds. The zero-order valence-electron chi connectivity index (χ0n) is 12.6. The Balaban J connectivity index is 2.95. The molecule has 1 aromatic rings. The predicted octanol–water partition coefficient (Wildman–Crippen LogP) is 3.69. The second-order valence-electron chi connectivity index (χ2n) is 5.80. The van der Waals surface area contributed by atoms with Crippen molar-refractivity contribution < 1.29 is 19.4 Å². The molecule has 1 aromatic carbocycles. The number of carbonyl (C=O) groups is 2. The number of aliphatic carboxylic acids is 1. The molecule has 2 N–H and O–H groups in total. The van der Waals surface area contributed by atoms with Crippen molar-refractivity contribution >= 4 is 23.7 Å². The van der Waals surface area contributed by atoms with Gasteiger partial charge >= 0.3 is 12.1 Å². The first-order valence-corrected chi connectivity index (χ1v) is 6.93. The Labute approximate surface area is 129 Å². The molecule has 1 rings (SSSR count). The molecule has 0 spiro atoms. The number of halogens is 1. The van der Waals surface area contributed by atoms with Gasteiger partial charge < -0.3 is 15.2 Å². The fraction of sp³-hybridized carbons (Fsp3) is 0.467. The minimum Gasteiger partial charge on any atom is -0.481 e. The van der Waals surface area contributed by atoms with Crippen LogP contribution < -0.4 is 5.32 Å². The van der Waals surface area contributed by atoms with E-state index in [1.807, 2.05) is 6.92 Å². The number of nitrogens with one attached hydrogen (secondary N) is 1. The van der Waals surface area contributed by atoms with Crippen molar-refractivity contribution in [1.29, 1.82) is 0 Å². The number of alkyl carbamates (subject to hydrolysis) is 1. The molecular formula is C15H20ClNO4. The summed E-state index contributed by atoms with van der Waals surface area (Å²) in [4.78, 5) is 22.9. The monoisotopic (exact) mass is 313 g/mol. The van der Waals surface area contributed by atoms with Crippen LogP contribution in [0.3, 0.4) is 0 Å². The van der Waals surface area contributed by atoms with Crippen molar-refractivity contribution in [2.24, 2.45) is 0 Å². The SMILES string of the molecule is Cc1cc(Cl)ccc1[C@H](CC(=O)O)NC(=O)OC(C)(C)C. The maximum atomic E-state index is 11.8. The van der Waals surface area contributed by atoms with Crippen molar-refractivity contribution in [1.82, 2.24) is 5.32 Å². The standard InChI is InChI=1S/C15H20ClNO4/c1-9-7-10(16)5-6-11(9)12(8-13(18)19)17-14(20)21-15(2,3)4/h5-7,12H,8H2,1-4H3,(H,17,20)(H,18,19)/t12-/m0/s1. The summed E-state index contributed by atoms with van der Waals surface area (Å²) in [6.45, 7) is 7.04. The van der Waals surface area contributed by atoms with Gasteiger partial charge in [0.2, 0.25) is 0 Å². The Kier molecular flexibility index (Phi) is 5.61. The lowest BCUT2D eigenvalue weighted by molar-refractivity contribution is -0.137. The van der Waals surface area contributed by atoms with Gasteiger partial charge in [-0.2, -0.15) is 0 Å². The highest BCUT2D eigenvalue weighted by atomic mass is 35.5. The van der Waals surface area contributed by atoms with Crippen molar-refractivity contribution in [2.75, 3.05) is 0 Å². The zero-order chi connectivity index (χ0) is 16.2. The van der Waals surface area contributed by atoms with Crippen LogP contribution in [0.15, 0.2) is 18.2 Å². The van der Waals surface area contributed by atoms with Gasteiger partial charge in [0.15, 0.2) is 0 Å². The van der Waals surface area contributed by atoms with E-state index in [0.717, 1.165) is 5.56 Å². The highest BCUT2D eigenvalue weighted by Gasteiger charge is 2.23. The Morgan fingerprint density at radius 3 is 2.48 bits per heavy atom. The van der Waals surface area contributed by atoms with Gasteiger partial charge in [0.1, 0.15) is 5.60 Å². The average Bonchev–Trinajstić information content (AvgIpc) is 2.24. The second-order valence-corrected chi connectivity index (χ2v) is 6.23. The zero-order valence-corrected chi connectivity index (χ0v) is 13.3. The first kappa shape index (κ1) is 17.3. The molecule has 0 bridgehead atoms. The van der Waals surface area contributed by atoms with Gasteiger partial charge in [-0.3, -0.25) is 4.79 Å². The van der Waals surface area contributed by atoms with E-state index < -0.39 is 23.7 Å². The molecule has 0 saturated carbocycles. The van der Waals surface area contributed by atoms with Crippen LogP contribution in [-0.2, 0) is 9.53 Å². The maximum Gasteiger partial charge on any atom is 0.408 e. The van der Waals surface area contributed by atoms with Crippen LogP contribution in [0, 0.1) is 6.92 Å². The minimum absolute atomic E-state index is 0.234. The molecule has 6 heteroatoms. The van der Waals surface area contributed by atoms with Gasteiger partial charge in [0.05, 0.1) is 12.5 Å². The summed E-state index contributed by atoms with van der Waals surface area (Å²) >= 11 is 5.89. The molecule has 5 nitrogen and oxygen atoms in total. The Morgan fingerprint density at radius 1 is 1.38 bits per heavy atom. The molecule has 0 fully saturated rings. The van der Waals surface area contributed by atoms with Gasteiger partial charge in [0.25, 0.3) is 0 Å². The number of hydrogen-bond donors (Lipinski definition) is 2. The summed E-state index contributed by atoms with van der Waals surface area (Å²) in [6.07, 6.45) is -0.884. The van der Waals surface area contributed by atoms with Crippen molar-refractivity contribution in [2.45, 2.75) is 45.8 Å². The molecule has 0 saturated heterocycles. The smallest absolute Gasteiger partial charge is 0.408 e. The first-order chi connectivity index (χ1) is 9.58. The number of aryl methyl sites for hydroxylation is 1. The van der Waals surface area contributed by atoms with E-state index in [9.17, 15) is 9.59 Å². The lowest BCUT2D eigenvalue weighted by Crippen LogP contribution is -2.36. The summed E-state index contributed by atoms with van der Waals surface area (Å²) < 4.78 is 5.17. The van der Waals surface area contributed by atoms with Crippen LogP contribution in [-0.4, -0.2) is 22.8 Å². The summed E-state index contributed by atoms with van der Waals surface area (Å²) in [5.74, 6) is -1.01. The third-order valence-electron chi connectivity index (χ3n) is 2.68. The number of amides is 1.